The molecule has 5 nitrogen and oxygen atoms in total. The second-order valence-corrected chi connectivity index (χ2v) is 8.45. The van der Waals surface area contributed by atoms with Gasteiger partial charge in [0.25, 0.3) is 0 Å². The molecule has 2 heterocycles. The van der Waals surface area contributed by atoms with Crippen LogP contribution in [0.5, 0.6) is 0 Å². The molecular weight excluding hydrogens is 252 g/mol. The van der Waals surface area contributed by atoms with Gasteiger partial charge < -0.3 is 10.1 Å². The van der Waals surface area contributed by atoms with Gasteiger partial charge in [-0.3, -0.25) is 0 Å². The van der Waals surface area contributed by atoms with Gasteiger partial charge in [-0.15, -0.1) is 0 Å². The Hall–Kier alpha value is -0.170. The molecule has 0 radical (unpaired) electrons. The molecule has 6 heteroatoms. The van der Waals surface area contributed by atoms with Crippen LogP contribution in [0.2, 0.25) is 0 Å². The number of rotatable bonds is 2. The highest BCUT2D eigenvalue weighted by Gasteiger charge is 2.41. The molecule has 1 N–H and O–H groups in total. The molecular formula is C12H24N2O3S. The van der Waals surface area contributed by atoms with Crippen LogP contribution in [0.3, 0.4) is 0 Å². The van der Waals surface area contributed by atoms with Crippen molar-refractivity contribution in [3.05, 3.63) is 0 Å². The molecule has 106 valence electrons. The monoisotopic (exact) mass is 276 g/mol. The van der Waals surface area contributed by atoms with E-state index in [4.69, 9.17) is 4.74 Å². The zero-order chi connectivity index (χ0) is 13.2. The van der Waals surface area contributed by atoms with Crippen molar-refractivity contribution in [2.75, 3.05) is 39.4 Å². The van der Waals surface area contributed by atoms with Crippen molar-refractivity contribution in [3.8, 4) is 0 Å². The Morgan fingerprint density at radius 3 is 2.89 bits per heavy atom. The molecule has 2 aliphatic heterocycles. The summed E-state index contributed by atoms with van der Waals surface area (Å²) in [6, 6.07) is 0. The average Bonchev–Trinajstić information content (AvgIpc) is 2.42. The Balaban J connectivity index is 2.09. The van der Waals surface area contributed by atoms with Crippen LogP contribution in [0.25, 0.3) is 0 Å². The molecule has 2 aliphatic rings. The number of nitrogens with one attached hydrogen (secondary N) is 1. The lowest BCUT2D eigenvalue weighted by atomic mass is 10.0. The van der Waals surface area contributed by atoms with Gasteiger partial charge in [-0.25, -0.2) is 8.42 Å². The molecule has 0 amide bonds. The minimum Gasteiger partial charge on any atom is -0.381 e. The standard InChI is InChI=1S/C12H24N2O3S/c1-12(2)10-13-5-6-14(18(12,15)16)8-11-4-3-7-17-9-11/h11,13H,3-10H2,1-2H3. The molecule has 0 saturated carbocycles. The molecule has 0 bridgehead atoms. The predicted octanol–water partition coefficient (Wildman–Crippen LogP) is 0.427. The van der Waals surface area contributed by atoms with E-state index in [0.717, 1.165) is 26.0 Å². The number of hydrogen-bond acceptors (Lipinski definition) is 4. The van der Waals surface area contributed by atoms with E-state index >= 15 is 0 Å². The molecule has 0 aliphatic carbocycles. The van der Waals surface area contributed by atoms with Gasteiger partial charge in [0.15, 0.2) is 0 Å². The molecule has 18 heavy (non-hydrogen) atoms. The van der Waals surface area contributed by atoms with Crippen molar-refractivity contribution in [2.45, 2.75) is 31.4 Å². The molecule has 2 saturated heterocycles. The van der Waals surface area contributed by atoms with Crippen LogP contribution in [-0.2, 0) is 14.8 Å². The van der Waals surface area contributed by atoms with Gasteiger partial charge in [-0.1, -0.05) is 0 Å². The van der Waals surface area contributed by atoms with Crippen LogP contribution in [0.4, 0.5) is 0 Å². The first kappa shape index (κ1) is 14.2. The summed E-state index contributed by atoms with van der Waals surface area (Å²) in [4.78, 5) is 0. The maximum atomic E-state index is 12.6. The zero-order valence-electron chi connectivity index (χ0n) is 11.3. The summed E-state index contributed by atoms with van der Waals surface area (Å²) < 4.78 is 31.5. The van der Waals surface area contributed by atoms with E-state index in [1.807, 2.05) is 0 Å². The summed E-state index contributed by atoms with van der Waals surface area (Å²) in [7, 11) is -3.22. The van der Waals surface area contributed by atoms with Gasteiger partial charge in [0.1, 0.15) is 0 Å². The highest BCUT2D eigenvalue weighted by molar-refractivity contribution is 7.90. The molecule has 0 aromatic carbocycles. The Morgan fingerprint density at radius 2 is 2.22 bits per heavy atom. The van der Waals surface area contributed by atoms with Crippen molar-refractivity contribution in [1.29, 1.82) is 0 Å². The van der Waals surface area contributed by atoms with Crippen LogP contribution >= 0.6 is 0 Å². The van der Waals surface area contributed by atoms with Crippen molar-refractivity contribution < 1.29 is 13.2 Å². The molecule has 1 unspecified atom stereocenters. The second kappa shape index (κ2) is 5.45. The van der Waals surface area contributed by atoms with Crippen LogP contribution < -0.4 is 5.32 Å². The summed E-state index contributed by atoms with van der Waals surface area (Å²) in [5, 5.41) is 3.21. The zero-order valence-corrected chi connectivity index (χ0v) is 12.1. The highest BCUT2D eigenvalue weighted by atomic mass is 32.2. The topological polar surface area (TPSA) is 58.6 Å². The minimum absolute atomic E-state index is 0.349. The second-order valence-electron chi connectivity index (χ2n) is 5.88. The van der Waals surface area contributed by atoms with E-state index in [1.165, 1.54) is 0 Å². The Labute approximate surface area is 110 Å². The molecule has 0 aromatic heterocycles. The van der Waals surface area contributed by atoms with E-state index < -0.39 is 14.8 Å². The Bertz CT molecular complexity index is 375. The first-order chi connectivity index (χ1) is 8.43. The fraction of sp³-hybridized carbons (Fsp3) is 1.00. The van der Waals surface area contributed by atoms with Gasteiger partial charge in [-0.2, -0.15) is 4.31 Å². The van der Waals surface area contributed by atoms with E-state index in [0.29, 0.717) is 32.2 Å². The SMILES string of the molecule is CC1(C)CNCCN(CC2CCCOC2)S1(=O)=O. The normalized spacial score (nSPS) is 32.9. The van der Waals surface area contributed by atoms with Crippen molar-refractivity contribution in [2.24, 2.45) is 5.92 Å². The molecule has 0 spiro atoms. The smallest absolute Gasteiger partial charge is 0.220 e. The Morgan fingerprint density at radius 1 is 1.44 bits per heavy atom. The summed E-state index contributed by atoms with van der Waals surface area (Å²) in [6.45, 7) is 7.53. The maximum Gasteiger partial charge on any atom is 0.220 e. The van der Waals surface area contributed by atoms with Gasteiger partial charge in [0.2, 0.25) is 10.0 Å². The van der Waals surface area contributed by atoms with E-state index in [-0.39, 0.29) is 0 Å². The third kappa shape index (κ3) is 2.87. The van der Waals surface area contributed by atoms with Crippen LogP contribution in [0.1, 0.15) is 26.7 Å². The first-order valence-corrected chi connectivity index (χ1v) is 8.16. The third-order valence-electron chi connectivity index (χ3n) is 3.84. The van der Waals surface area contributed by atoms with Crippen molar-refractivity contribution in [1.82, 2.24) is 9.62 Å². The van der Waals surface area contributed by atoms with Crippen LogP contribution in [0.15, 0.2) is 0 Å². The third-order valence-corrected chi connectivity index (χ3v) is 6.40. The fourth-order valence-electron chi connectivity index (χ4n) is 2.58. The van der Waals surface area contributed by atoms with E-state index in [2.05, 4.69) is 5.32 Å². The van der Waals surface area contributed by atoms with Gasteiger partial charge in [0.05, 0.1) is 11.4 Å². The van der Waals surface area contributed by atoms with Crippen LogP contribution in [-0.4, -0.2) is 56.9 Å². The van der Waals surface area contributed by atoms with Gasteiger partial charge in [-0.05, 0) is 32.6 Å². The van der Waals surface area contributed by atoms with Crippen LogP contribution in [0, 0.1) is 5.92 Å². The average molecular weight is 276 g/mol. The summed E-state index contributed by atoms with van der Waals surface area (Å²) in [5.74, 6) is 0.349. The molecule has 0 aromatic rings. The minimum atomic E-state index is -3.22. The summed E-state index contributed by atoms with van der Waals surface area (Å²) in [6.07, 6.45) is 2.11. The lowest BCUT2D eigenvalue weighted by molar-refractivity contribution is 0.0479. The largest absolute Gasteiger partial charge is 0.381 e. The fourth-order valence-corrected chi connectivity index (χ4v) is 4.30. The van der Waals surface area contributed by atoms with Crippen molar-refractivity contribution >= 4 is 10.0 Å². The van der Waals surface area contributed by atoms with Gasteiger partial charge in [0, 0.05) is 32.8 Å². The van der Waals surface area contributed by atoms with E-state index in [9.17, 15) is 8.42 Å². The summed E-state index contributed by atoms with van der Waals surface area (Å²) in [5.41, 5.74) is 0. The quantitative estimate of drug-likeness (QED) is 0.794. The Kier molecular flexibility index (Phi) is 4.31. The summed E-state index contributed by atoms with van der Waals surface area (Å²) >= 11 is 0. The van der Waals surface area contributed by atoms with Crippen molar-refractivity contribution in [3.63, 3.8) is 0 Å². The predicted molar refractivity (Wildman–Crippen MR) is 71.0 cm³/mol. The maximum absolute atomic E-state index is 12.6. The first-order valence-electron chi connectivity index (χ1n) is 6.72. The number of sulfonamides is 1. The highest BCUT2D eigenvalue weighted by Crippen LogP contribution is 2.25. The molecule has 2 rings (SSSR count). The lowest BCUT2D eigenvalue weighted by Gasteiger charge is -2.32. The number of hydrogen-bond donors (Lipinski definition) is 1. The van der Waals surface area contributed by atoms with Gasteiger partial charge >= 0.3 is 0 Å². The number of nitrogens with zero attached hydrogens (tertiary/aromatic N) is 1. The number of ether oxygens (including phenoxy) is 1. The molecule has 2 fully saturated rings. The van der Waals surface area contributed by atoms with E-state index in [1.54, 1.807) is 18.2 Å². The molecule has 1 atom stereocenters. The lowest BCUT2D eigenvalue weighted by Crippen LogP contribution is -2.48.